The summed E-state index contributed by atoms with van der Waals surface area (Å²) < 4.78 is 5.21. The number of hydrogen-bond acceptors (Lipinski definition) is 4. The molecule has 0 saturated carbocycles. The molecule has 0 bridgehead atoms. The van der Waals surface area contributed by atoms with E-state index < -0.39 is 12.1 Å². The zero-order valence-corrected chi connectivity index (χ0v) is 11.4. The molecule has 1 unspecified atom stereocenters. The molecule has 2 amide bonds. The minimum atomic E-state index is -0.977. The van der Waals surface area contributed by atoms with Crippen molar-refractivity contribution in [3.63, 3.8) is 0 Å². The van der Waals surface area contributed by atoms with Crippen LogP contribution in [0.25, 0.3) is 0 Å². The maximum atomic E-state index is 12.0. The molecule has 0 aromatic heterocycles. The lowest BCUT2D eigenvalue weighted by Crippen LogP contribution is -2.48. The lowest BCUT2D eigenvalue weighted by Gasteiger charge is -2.34. The van der Waals surface area contributed by atoms with Crippen LogP contribution in [0.15, 0.2) is 0 Å². The molecule has 2 N–H and O–H groups in total. The third kappa shape index (κ3) is 5.44. The Balaban J connectivity index is 2.32. The Kier molecular flexibility index (Phi) is 6.04. The van der Waals surface area contributed by atoms with Crippen molar-refractivity contribution in [2.45, 2.75) is 32.0 Å². The maximum Gasteiger partial charge on any atom is 0.329 e. The number of carboxylic acid groups (broad SMARTS) is 1. The second-order valence-corrected chi connectivity index (χ2v) is 4.90. The number of likely N-dealkylation sites (tertiary alicyclic amines) is 1. The molecule has 1 heterocycles. The summed E-state index contributed by atoms with van der Waals surface area (Å²) in [6.07, 6.45) is 0.635. The van der Waals surface area contributed by atoms with Crippen LogP contribution in [0, 0.1) is 0 Å². The van der Waals surface area contributed by atoms with Gasteiger partial charge < -0.3 is 24.7 Å². The standard InChI is InChI=1S/C12H22N2O5/c1-9(15)7-13(2)12(18)14-5-3-10(4-6-14)19-8-11(16)17/h9-10,15H,3-8H2,1-2H3,(H,16,17). The number of amides is 2. The van der Waals surface area contributed by atoms with Gasteiger partial charge >= 0.3 is 12.0 Å². The molecule has 110 valence electrons. The largest absolute Gasteiger partial charge is 0.480 e. The van der Waals surface area contributed by atoms with E-state index in [1.165, 1.54) is 4.90 Å². The molecule has 1 aliphatic heterocycles. The van der Waals surface area contributed by atoms with E-state index >= 15 is 0 Å². The summed E-state index contributed by atoms with van der Waals surface area (Å²) >= 11 is 0. The molecular formula is C12H22N2O5. The highest BCUT2D eigenvalue weighted by atomic mass is 16.5. The summed E-state index contributed by atoms with van der Waals surface area (Å²) in [5, 5.41) is 17.8. The summed E-state index contributed by atoms with van der Waals surface area (Å²) in [6.45, 7) is 2.74. The monoisotopic (exact) mass is 274 g/mol. The van der Waals surface area contributed by atoms with Crippen LogP contribution in [0.3, 0.4) is 0 Å². The molecule has 1 atom stereocenters. The van der Waals surface area contributed by atoms with Gasteiger partial charge in [-0.3, -0.25) is 0 Å². The number of ether oxygens (including phenoxy) is 1. The Bertz CT molecular complexity index is 313. The highest BCUT2D eigenvalue weighted by Crippen LogP contribution is 2.15. The first-order valence-electron chi connectivity index (χ1n) is 6.41. The van der Waals surface area contributed by atoms with Crippen molar-refractivity contribution in [2.24, 2.45) is 0 Å². The zero-order chi connectivity index (χ0) is 14.4. The van der Waals surface area contributed by atoms with E-state index in [1.807, 2.05) is 0 Å². The number of carboxylic acids is 1. The van der Waals surface area contributed by atoms with Crippen LogP contribution in [0.4, 0.5) is 4.79 Å². The molecule has 1 fully saturated rings. The maximum absolute atomic E-state index is 12.0. The smallest absolute Gasteiger partial charge is 0.329 e. The summed E-state index contributed by atoms with van der Waals surface area (Å²) in [5.41, 5.74) is 0. The SMILES string of the molecule is CC(O)CN(C)C(=O)N1CCC(OCC(=O)O)CC1. The van der Waals surface area contributed by atoms with Gasteiger partial charge in [0, 0.05) is 26.7 Å². The summed E-state index contributed by atoms with van der Waals surface area (Å²) in [6, 6.07) is -0.113. The van der Waals surface area contributed by atoms with Gasteiger partial charge in [-0.15, -0.1) is 0 Å². The number of aliphatic hydroxyl groups excluding tert-OH is 1. The van der Waals surface area contributed by atoms with Crippen LogP contribution in [-0.2, 0) is 9.53 Å². The Morgan fingerprint density at radius 3 is 2.47 bits per heavy atom. The predicted molar refractivity (Wildman–Crippen MR) is 67.9 cm³/mol. The number of aliphatic hydroxyl groups is 1. The Labute approximate surface area is 112 Å². The van der Waals surface area contributed by atoms with Crippen LogP contribution in [0.5, 0.6) is 0 Å². The molecule has 0 aromatic rings. The average Bonchev–Trinajstić information content (AvgIpc) is 2.35. The molecule has 7 nitrogen and oxygen atoms in total. The van der Waals surface area contributed by atoms with Crippen molar-refractivity contribution in [3.05, 3.63) is 0 Å². The summed E-state index contributed by atoms with van der Waals surface area (Å²) in [7, 11) is 1.65. The minimum absolute atomic E-state index is 0.0952. The van der Waals surface area contributed by atoms with Crippen molar-refractivity contribution in [1.29, 1.82) is 0 Å². The normalized spacial score (nSPS) is 18.2. The summed E-state index contributed by atoms with van der Waals surface area (Å²) in [4.78, 5) is 25.6. The Morgan fingerprint density at radius 1 is 1.42 bits per heavy atom. The topological polar surface area (TPSA) is 90.3 Å². The molecule has 19 heavy (non-hydrogen) atoms. The minimum Gasteiger partial charge on any atom is -0.480 e. The van der Waals surface area contributed by atoms with Crippen LogP contribution in [0.1, 0.15) is 19.8 Å². The van der Waals surface area contributed by atoms with Crippen molar-refractivity contribution in [1.82, 2.24) is 9.80 Å². The molecule has 0 radical (unpaired) electrons. The first-order valence-corrected chi connectivity index (χ1v) is 6.41. The summed E-state index contributed by atoms with van der Waals surface area (Å²) in [5.74, 6) is -0.977. The third-order valence-corrected chi connectivity index (χ3v) is 3.02. The second kappa shape index (κ2) is 7.30. The highest BCUT2D eigenvalue weighted by Gasteiger charge is 2.25. The van der Waals surface area contributed by atoms with E-state index in [2.05, 4.69) is 0 Å². The van der Waals surface area contributed by atoms with E-state index in [4.69, 9.17) is 9.84 Å². The Morgan fingerprint density at radius 2 is 2.00 bits per heavy atom. The molecule has 0 aliphatic carbocycles. The number of likely N-dealkylation sites (N-methyl/N-ethyl adjacent to an activating group) is 1. The fraction of sp³-hybridized carbons (Fsp3) is 0.833. The van der Waals surface area contributed by atoms with Gasteiger partial charge in [0.25, 0.3) is 0 Å². The van der Waals surface area contributed by atoms with Crippen LogP contribution in [0.2, 0.25) is 0 Å². The molecule has 1 saturated heterocycles. The van der Waals surface area contributed by atoms with Gasteiger partial charge in [0.1, 0.15) is 6.61 Å². The predicted octanol–water partition coefficient (Wildman–Crippen LogP) is -0.0154. The number of piperidine rings is 1. The number of aliphatic carboxylic acids is 1. The second-order valence-electron chi connectivity index (χ2n) is 4.90. The van der Waals surface area contributed by atoms with E-state index in [0.29, 0.717) is 32.5 Å². The number of rotatable bonds is 5. The van der Waals surface area contributed by atoms with Crippen LogP contribution >= 0.6 is 0 Å². The van der Waals surface area contributed by atoms with Crippen LogP contribution < -0.4 is 0 Å². The van der Waals surface area contributed by atoms with Crippen molar-refractivity contribution in [3.8, 4) is 0 Å². The molecular weight excluding hydrogens is 252 g/mol. The number of hydrogen-bond donors (Lipinski definition) is 2. The zero-order valence-electron chi connectivity index (χ0n) is 11.4. The molecule has 0 spiro atoms. The number of carbonyl (C=O) groups is 2. The quantitative estimate of drug-likeness (QED) is 0.735. The van der Waals surface area contributed by atoms with Gasteiger partial charge in [-0.05, 0) is 19.8 Å². The molecule has 1 aliphatic rings. The van der Waals surface area contributed by atoms with Gasteiger partial charge in [0.2, 0.25) is 0 Å². The lowest BCUT2D eigenvalue weighted by atomic mass is 10.1. The number of carbonyl (C=O) groups excluding carboxylic acids is 1. The number of nitrogens with zero attached hydrogens (tertiary/aromatic N) is 2. The lowest BCUT2D eigenvalue weighted by molar-refractivity contribution is -0.145. The highest BCUT2D eigenvalue weighted by molar-refractivity contribution is 5.74. The first kappa shape index (κ1) is 15.7. The van der Waals surface area contributed by atoms with Gasteiger partial charge in [-0.2, -0.15) is 0 Å². The van der Waals surface area contributed by atoms with Gasteiger partial charge in [-0.1, -0.05) is 0 Å². The average molecular weight is 274 g/mol. The van der Waals surface area contributed by atoms with Crippen LogP contribution in [-0.4, -0.2) is 77.5 Å². The van der Waals surface area contributed by atoms with Crippen molar-refractivity contribution >= 4 is 12.0 Å². The molecule has 1 rings (SSSR count). The molecule has 0 aromatic carbocycles. The molecule has 7 heteroatoms. The van der Waals surface area contributed by atoms with E-state index in [-0.39, 0.29) is 18.7 Å². The van der Waals surface area contributed by atoms with E-state index in [9.17, 15) is 14.7 Å². The van der Waals surface area contributed by atoms with Gasteiger partial charge in [0.15, 0.2) is 0 Å². The van der Waals surface area contributed by atoms with Gasteiger partial charge in [0.05, 0.1) is 12.2 Å². The Hall–Kier alpha value is -1.34. The van der Waals surface area contributed by atoms with E-state index in [1.54, 1.807) is 18.9 Å². The van der Waals surface area contributed by atoms with Crippen molar-refractivity contribution in [2.75, 3.05) is 33.3 Å². The first-order chi connectivity index (χ1) is 8.90. The van der Waals surface area contributed by atoms with Gasteiger partial charge in [-0.25, -0.2) is 9.59 Å². The third-order valence-electron chi connectivity index (χ3n) is 3.02. The van der Waals surface area contributed by atoms with Crippen molar-refractivity contribution < 1.29 is 24.5 Å². The fourth-order valence-electron chi connectivity index (χ4n) is 2.12. The number of urea groups is 1. The van der Waals surface area contributed by atoms with E-state index in [0.717, 1.165) is 0 Å². The fourth-order valence-corrected chi connectivity index (χ4v) is 2.12.